The zero-order chi connectivity index (χ0) is 11.6. The molecule has 6 nitrogen and oxygen atoms in total. The third kappa shape index (κ3) is 8.10. The monoisotopic (exact) mass is 324 g/mol. The fourth-order valence-corrected chi connectivity index (χ4v) is 0.981. The Bertz CT molecular complexity index is 381. The maximum Gasteiger partial charge on any atom is 1.00 e. The molecule has 0 aliphatic carbocycles. The van der Waals surface area contributed by atoms with Crippen LogP contribution in [0.25, 0.3) is 0 Å². The van der Waals surface area contributed by atoms with Gasteiger partial charge in [0.05, 0.1) is 17.9 Å². The molecule has 0 saturated heterocycles. The average molecular weight is 324 g/mol. The second-order valence-electron chi connectivity index (χ2n) is 2.66. The molecule has 0 fully saturated rings. The van der Waals surface area contributed by atoms with E-state index < -0.39 is 34.6 Å². The van der Waals surface area contributed by atoms with Crippen molar-refractivity contribution >= 4 is 17.9 Å². The van der Waals surface area contributed by atoms with Crippen LogP contribution in [0.15, 0.2) is 18.2 Å². The molecule has 0 N–H and O–H groups in total. The number of carbonyl (C=O) groups is 3. The summed E-state index contributed by atoms with van der Waals surface area (Å²) < 4.78 is 0. The largest absolute Gasteiger partial charge is 1.00 e. The van der Waals surface area contributed by atoms with E-state index in [2.05, 4.69) is 0 Å². The molecule has 0 amide bonds. The Morgan fingerprint density at radius 1 is 0.611 bits per heavy atom. The number of hydrogen-bond acceptors (Lipinski definition) is 6. The van der Waals surface area contributed by atoms with Gasteiger partial charge in [0.25, 0.3) is 0 Å². The van der Waals surface area contributed by atoms with Crippen molar-refractivity contribution in [2.24, 2.45) is 0 Å². The van der Waals surface area contributed by atoms with Crippen molar-refractivity contribution < 1.29 is 184 Å². The van der Waals surface area contributed by atoms with Gasteiger partial charge in [-0.1, -0.05) is 0 Å². The molecule has 0 atom stereocenters. The van der Waals surface area contributed by atoms with Crippen LogP contribution in [0.3, 0.4) is 0 Å². The fraction of sp³-hybridized carbons (Fsp3) is 0. The molecule has 0 aliphatic rings. The van der Waals surface area contributed by atoms with Crippen molar-refractivity contribution in [1.29, 1.82) is 0 Å². The van der Waals surface area contributed by atoms with E-state index >= 15 is 0 Å². The molecule has 0 unspecified atom stereocenters. The van der Waals surface area contributed by atoms with Gasteiger partial charge in [0.1, 0.15) is 0 Å². The molecular formula is C9H3K3O6. The van der Waals surface area contributed by atoms with Crippen LogP contribution in [0.1, 0.15) is 31.1 Å². The number of carboxylic acid groups (broad SMARTS) is 3. The van der Waals surface area contributed by atoms with Crippen LogP contribution in [0.4, 0.5) is 0 Å². The molecule has 78 valence electrons. The second-order valence-corrected chi connectivity index (χ2v) is 2.66. The minimum Gasteiger partial charge on any atom is -0.545 e. The summed E-state index contributed by atoms with van der Waals surface area (Å²) in [6.45, 7) is 0. The quantitative estimate of drug-likeness (QED) is 0.509. The van der Waals surface area contributed by atoms with E-state index in [1.807, 2.05) is 0 Å². The van der Waals surface area contributed by atoms with Gasteiger partial charge < -0.3 is 29.7 Å². The Balaban J connectivity index is -0.000000750. The van der Waals surface area contributed by atoms with Crippen LogP contribution in [0, 0.1) is 0 Å². The second kappa shape index (κ2) is 12.1. The zero-order valence-electron chi connectivity index (χ0n) is 10.2. The Morgan fingerprint density at radius 3 is 0.889 bits per heavy atom. The van der Waals surface area contributed by atoms with E-state index in [9.17, 15) is 29.7 Å². The van der Waals surface area contributed by atoms with Gasteiger partial charge in [-0.25, -0.2) is 0 Å². The number of aromatic carboxylic acids is 3. The van der Waals surface area contributed by atoms with Crippen molar-refractivity contribution in [3.63, 3.8) is 0 Å². The molecule has 18 heavy (non-hydrogen) atoms. The van der Waals surface area contributed by atoms with E-state index in [-0.39, 0.29) is 154 Å². The predicted molar refractivity (Wildman–Crippen MR) is 39.4 cm³/mol. The third-order valence-electron chi connectivity index (χ3n) is 1.64. The van der Waals surface area contributed by atoms with Crippen LogP contribution in [-0.2, 0) is 0 Å². The summed E-state index contributed by atoms with van der Waals surface area (Å²) in [5.74, 6) is -5.04. The van der Waals surface area contributed by atoms with Crippen molar-refractivity contribution in [3.05, 3.63) is 34.9 Å². The average Bonchev–Trinajstić information content (AvgIpc) is 2.16. The Morgan fingerprint density at radius 2 is 0.778 bits per heavy atom. The predicted octanol–water partition coefficient (Wildman–Crippen LogP) is -12.2. The third-order valence-corrected chi connectivity index (χ3v) is 1.64. The smallest absolute Gasteiger partial charge is 0.545 e. The molecule has 0 aliphatic heterocycles. The van der Waals surface area contributed by atoms with Gasteiger partial charge in [-0.2, -0.15) is 0 Å². The Kier molecular flexibility index (Phi) is 17.2. The number of hydrogen-bond donors (Lipinski definition) is 0. The molecule has 1 aromatic carbocycles. The maximum atomic E-state index is 10.4. The first-order valence-corrected chi connectivity index (χ1v) is 3.71. The summed E-state index contributed by atoms with van der Waals surface area (Å²) in [6, 6.07) is 2.24. The normalized spacial score (nSPS) is 8.00. The van der Waals surface area contributed by atoms with Crippen molar-refractivity contribution in [2.45, 2.75) is 0 Å². The van der Waals surface area contributed by atoms with Crippen LogP contribution in [0.5, 0.6) is 0 Å². The van der Waals surface area contributed by atoms with E-state index in [0.717, 1.165) is 18.2 Å². The minimum atomic E-state index is -1.68. The van der Waals surface area contributed by atoms with Gasteiger partial charge in [-0.05, 0) is 34.9 Å². The molecule has 0 saturated carbocycles. The maximum absolute atomic E-state index is 10.4. The summed E-state index contributed by atoms with van der Waals surface area (Å²) in [5.41, 5.74) is -1.68. The van der Waals surface area contributed by atoms with E-state index in [0.29, 0.717) is 0 Å². The molecule has 0 radical (unpaired) electrons. The molecular weight excluding hydrogens is 321 g/mol. The van der Waals surface area contributed by atoms with Crippen LogP contribution in [-0.4, -0.2) is 17.9 Å². The Labute approximate surface area is 230 Å². The number of carbonyl (C=O) groups excluding carboxylic acids is 3. The topological polar surface area (TPSA) is 120 Å². The van der Waals surface area contributed by atoms with Crippen LogP contribution in [0.2, 0.25) is 0 Å². The van der Waals surface area contributed by atoms with Crippen molar-refractivity contribution in [1.82, 2.24) is 0 Å². The molecule has 0 heterocycles. The first-order chi connectivity index (χ1) is 6.91. The first-order valence-electron chi connectivity index (χ1n) is 3.71. The van der Waals surface area contributed by atoms with Crippen LogP contribution < -0.4 is 169 Å². The SMILES string of the molecule is O=C([O-])c1cc(C(=O)[O-])cc(C(=O)[O-])c1.[K+].[K+].[K+]. The molecule has 0 aromatic heterocycles. The van der Waals surface area contributed by atoms with E-state index in [1.54, 1.807) is 0 Å². The van der Waals surface area contributed by atoms with Gasteiger partial charge in [0.2, 0.25) is 0 Å². The molecule has 1 aromatic rings. The molecule has 1 rings (SSSR count). The van der Waals surface area contributed by atoms with Gasteiger partial charge in [0, 0.05) is 0 Å². The van der Waals surface area contributed by atoms with Crippen molar-refractivity contribution in [2.75, 3.05) is 0 Å². The summed E-state index contributed by atoms with van der Waals surface area (Å²) in [5, 5.41) is 31.2. The summed E-state index contributed by atoms with van der Waals surface area (Å²) in [6.07, 6.45) is 0. The van der Waals surface area contributed by atoms with Crippen LogP contribution >= 0.6 is 0 Å². The summed E-state index contributed by atoms with van der Waals surface area (Å²) in [4.78, 5) is 31.2. The van der Waals surface area contributed by atoms with E-state index in [4.69, 9.17) is 0 Å². The summed E-state index contributed by atoms with van der Waals surface area (Å²) >= 11 is 0. The summed E-state index contributed by atoms with van der Waals surface area (Å²) in [7, 11) is 0. The standard InChI is InChI=1S/C9H6O6.3K/c10-7(11)4-1-5(8(12)13)3-6(2-4)9(14)15;;;/h1-3H,(H,10,11)(H,12,13)(H,14,15);;;/q;3*+1/p-3. The Hall–Kier alpha value is 2.54. The molecule has 9 heteroatoms. The fourth-order valence-electron chi connectivity index (χ4n) is 0.981. The van der Waals surface area contributed by atoms with Gasteiger partial charge >= 0.3 is 154 Å². The number of benzene rings is 1. The molecule has 0 spiro atoms. The molecule has 0 bridgehead atoms. The van der Waals surface area contributed by atoms with E-state index in [1.165, 1.54) is 0 Å². The van der Waals surface area contributed by atoms with Gasteiger partial charge in [-0.3, -0.25) is 0 Å². The van der Waals surface area contributed by atoms with Gasteiger partial charge in [0.15, 0.2) is 0 Å². The zero-order valence-corrected chi connectivity index (χ0v) is 19.6. The van der Waals surface area contributed by atoms with Crippen molar-refractivity contribution in [3.8, 4) is 0 Å². The van der Waals surface area contributed by atoms with Gasteiger partial charge in [-0.15, -0.1) is 0 Å². The minimum absolute atomic E-state index is 0. The number of rotatable bonds is 3. The first kappa shape index (κ1) is 25.5. The number of carboxylic acids is 3.